The second-order valence-corrected chi connectivity index (χ2v) is 2.55. The molecule has 15 heavy (non-hydrogen) atoms. The molecule has 0 spiro atoms. The summed E-state index contributed by atoms with van der Waals surface area (Å²) >= 11 is 0. The lowest BCUT2D eigenvalue weighted by molar-refractivity contribution is -0.141. The number of rotatable bonds is 2. The van der Waals surface area contributed by atoms with Crippen molar-refractivity contribution in [3.05, 3.63) is 29.6 Å². The molecule has 3 nitrogen and oxygen atoms in total. The van der Waals surface area contributed by atoms with E-state index < -0.39 is 23.4 Å². The van der Waals surface area contributed by atoms with Gasteiger partial charge in [-0.2, -0.15) is 13.2 Å². The van der Waals surface area contributed by atoms with E-state index in [0.29, 0.717) is 0 Å². The summed E-state index contributed by atoms with van der Waals surface area (Å²) in [5.74, 6) is -1.05. The monoisotopic (exact) mass is 218 g/mol. The maximum Gasteiger partial charge on any atom is 0.434 e. The summed E-state index contributed by atoms with van der Waals surface area (Å²) < 4.78 is 41.6. The van der Waals surface area contributed by atoms with Gasteiger partial charge in [-0.15, -0.1) is 0 Å². The van der Waals surface area contributed by atoms with Gasteiger partial charge in [-0.1, -0.05) is 0 Å². The smallest absolute Gasteiger partial charge is 0.434 e. The summed E-state index contributed by atoms with van der Waals surface area (Å²) in [5, 5.41) is 0. The number of esters is 1. The van der Waals surface area contributed by atoms with E-state index in [0.717, 1.165) is 12.3 Å². The van der Waals surface area contributed by atoms with Crippen LogP contribution in [-0.2, 0) is 10.9 Å². The van der Waals surface area contributed by atoms with Crippen LogP contribution in [0.3, 0.4) is 0 Å². The molecule has 1 rings (SSSR count). The number of pyridine rings is 1. The van der Waals surface area contributed by atoms with Crippen LogP contribution in [0, 0.1) is 6.07 Å². The van der Waals surface area contributed by atoms with Gasteiger partial charge in [0, 0.05) is 12.3 Å². The zero-order valence-corrected chi connectivity index (χ0v) is 7.76. The summed E-state index contributed by atoms with van der Waals surface area (Å²) in [4.78, 5) is 14.2. The molecule has 0 fully saturated rings. The molecule has 0 N–H and O–H groups in total. The quantitative estimate of drug-likeness (QED) is 0.713. The standard InChI is InChI=1S/C9H7F3NO2/c1-2-15-8(14)6-4-3-5-13-7(6)9(10,11)12/h4-5H,2H2,1H3. The molecule has 0 amide bonds. The van der Waals surface area contributed by atoms with Crippen molar-refractivity contribution in [2.75, 3.05) is 6.61 Å². The van der Waals surface area contributed by atoms with Crippen LogP contribution in [0.4, 0.5) is 13.2 Å². The fraction of sp³-hybridized carbons (Fsp3) is 0.333. The van der Waals surface area contributed by atoms with Crippen molar-refractivity contribution in [1.29, 1.82) is 0 Å². The number of nitrogens with zero attached hydrogens (tertiary/aromatic N) is 1. The second-order valence-electron chi connectivity index (χ2n) is 2.55. The third kappa shape index (κ3) is 2.68. The molecule has 0 bridgehead atoms. The van der Waals surface area contributed by atoms with Gasteiger partial charge in [0.05, 0.1) is 12.2 Å². The van der Waals surface area contributed by atoms with E-state index in [1.807, 2.05) is 0 Å². The van der Waals surface area contributed by atoms with Crippen molar-refractivity contribution in [3.63, 3.8) is 0 Å². The lowest BCUT2D eigenvalue weighted by atomic mass is 10.2. The van der Waals surface area contributed by atoms with E-state index in [4.69, 9.17) is 0 Å². The van der Waals surface area contributed by atoms with Gasteiger partial charge in [0.15, 0.2) is 5.69 Å². The van der Waals surface area contributed by atoms with Crippen molar-refractivity contribution < 1.29 is 22.7 Å². The highest BCUT2D eigenvalue weighted by Gasteiger charge is 2.37. The summed E-state index contributed by atoms with van der Waals surface area (Å²) in [6.07, 6.45) is -3.82. The van der Waals surface area contributed by atoms with Gasteiger partial charge in [0.25, 0.3) is 0 Å². The van der Waals surface area contributed by atoms with Crippen molar-refractivity contribution in [1.82, 2.24) is 4.98 Å². The van der Waals surface area contributed by atoms with Crippen LogP contribution in [0.5, 0.6) is 0 Å². The highest BCUT2D eigenvalue weighted by Crippen LogP contribution is 2.30. The van der Waals surface area contributed by atoms with E-state index >= 15 is 0 Å². The number of alkyl halides is 3. The van der Waals surface area contributed by atoms with Gasteiger partial charge in [-0.3, -0.25) is 4.98 Å². The first-order valence-corrected chi connectivity index (χ1v) is 4.07. The van der Waals surface area contributed by atoms with E-state index in [1.54, 1.807) is 0 Å². The van der Waals surface area contributed by atoms with E-state index in [1.165, 1.54) is 6.92 Å². The first kappa shape index (κ1) is 11.5. The lowest BCUT2D eigenvalue weighted by Gasteiger charge is -2.09. The zero-order chi connectivity index (χ0) is 11.5. The van der Waals surface area contributed by atoms with Crippen LogP contribution < -0.4 is 0 Å². The molecule has 0 aliphatic heterocycles. The normalized spacial score (nSPS) is 11.2. The SMILES string of the molecule is CCOC(=O)c1c[c]cnc1C(F)(F)F. The van der Waals surface area contributed by atoms with Crippen molar-refractivity contribution in [2.45, 2.75) is 13.1 Å². The molecule has 0 atom stereocenters. The molecular formula is C9H7F3NO2. The van der Waals surface area contributed by atoms with Crippen LogP contribution >= 0.6 is 0 Å². The molecule has 6 heteroatoms. The number of hydrogen-bond donors (Lipinski definition) is 0. The van der Waals surface area contributed by atoms with Crippen LogP contribution in [0.1, 0.15) is 23.0 Å². The molecule has 81 valence electrons. The molecular weight excluding hydrogens is 211 g/mol. The minimum Gasteiger partial charge on any atom is -0.462 e. The minimum atomic E-state index is -4.67. The summed E-state index contributed by atoms with van der Waals surface area (Å²) in [6.45, 7) is 1.51. The Morgan fingerprint density at radius 1 is 1.60 bits per heavy atom. The van der Waals surface area contributed by atoms with Crippen molar-refractivity contribution in [3.8, 4) is 0 Å². The topological polar surface area (TPSA) is 39.2 Å². The van der Waals surface area contributed by atoms with E-state index in [-0.39, 0.29) is 6.61 Å². The second kappa shape index (κ2) is 4.29. The molecule has 1 radical (unpaired) electrons. The Labute approximate surface area is 83.9 Å². The van der Waals surface area contributed by atoms with Gasteiger partial charge >= 0.3 is 12.1 Å². The Kier molecular flexibility index (Phi) is 3.28. The van der Waals surface area contributed by atoms with E-state index in [2.05, 4.69) is 15.8 Å². The molecule has 0 aromatic carbocycles. The molecule has 0 unspecified atom stereocenters. The van der Waals surface area contributed by atoms with Crippen molar-refractivity contribution >= 4 is 5.97 Å². The Morgan fingerprint density at radius 3 is 2.80 bits per heavy atom. The molecule has 0 aliphatic carbocycles. The maximum absolute atomic E-state index is 12.4. The highest BCUT2D eigenvalue weighted by molar-refractivity contribution is 5.90. The number of hydrogen-bond acceptors (Lipinski definition) is 3. The lowest BCUT2D eigenvalue weighted by Crippen LogP contribution is -2.16. The number of carbonyl (C=O) groups is 1. The van der Waals surface area contributed by atoms with E-state index in [9.17, 15) is 18.0 Å². The van der Waals surface area contributed by atoms with Gasteiger partial charge in [0.2, 0.25) is 0 Å². The van der Waals surface area contributed by atoms with Crippen LogP contribution in [0.2, 0.25) is 0 Å². The van der Waals surface area contributed by atoms with Crippen molar-refractivity contribution in [2.24, 2.45) is 0 Å². The average molecular weight is 218 g/mol. The summed E-state index contributed by atoms with van der Waals surface area (Å²) in [6, 6.07) is 3.21. The largest absolute Gasteiger partial charge is 0.462 e. The predicted molar refractivity (Wildman–Crippen MR) is 44.0 cm³/mol. The molecule has 0 aliphatic rings. The number of aromatic nitrogens is 1. The summed E-state index contributed by atoms with van der Waals surface area (Å²) in [5.41, 5.74) is -1.87. The van der Waals surface area contributed by atoms with Gasteiger partial charge in [-0.25, -0.2) is 4.79 Å². The molecule has 1 aromatic heterocycles. The first-order valence-electron chi connectivity index (χ1n) is 4.07. The maximum atomic E-state index is 12.4. The Morgan fingerprint density at radius 2 is 2.27 bits per heavy atom. The Balaban J connectivity index is 3.12. The molecule has 1 heterocycles. The number of carbonyl (C=O) groups excluding carboxylic acids is 1. The van der Waals surface area contributed by atoms with Crippen LogP contribution in [0.15, 0.2) is 12.3 Å². The number of halogens is 3. The third-order valence-corrected chi connectivity index (χ3v) is 1.51. The highest BCUT2D eigenvalue weighted by atomic mass is 19.4. The Hall–Kier alpha value is -1.59. The zero-order valence-electron chi connectivity index (χ0n) is 7.76. The first-order chi connectivity index (χ1) is 6.96. The van der Waals surface area contributed by atoms with Crippen LogP contribution in [0.25, 0.3) is 0 Å². The number of ether oxygens (including phenoxy) is 1. The Bertz CT molecular complexity index is 363. The van der Waals surface area contributed by atoms with Gasteiger partial charge in [0.1, 0.15) is 0 Å². The third-order valence-electron chi connectivity index (χ3n) is 1.51. The van der Waals surface area contributed by atoms with Gasteiger partial charge < -0.3 is 4.74 Å². The minimum absolute atomic E-state index is 0.00498. The molecule has 1 aromatic rings. The van der Waals surface area contributed by atoms with Gasteiger partial charge in [-0.05, 0) is 13.0 Å². The van der Waals surface area contributed by atoms with Crippen LogP contribution in [-0.4, -0.2) is 17.6 Å². The average Bonchev–Trinajstić information content (AvgIpc) is 2.17. The molecule has 0 saturated heterocycles. The summed E-state index contributed by atoms with van der Waals surface area (Å²) in [7, 11) is 0. The molecule has 0 saturated carbocycles. The fourth-order valence-electron chi connectivity index (χ4n) is 0.951. The fourth-order valence-corrected chi connectivity index (χ4v) is 0.951. The predicted octanol–water partition coefficient (Wildman–Crippen LogP) is 2.08.